The number of hydrogen-bond donors (Lipinski definition) is 2. The van der Waals surface area contributed by atoms with Crippen molar-refractivity contribution >= 4 is 22.3 Å². The molecule has 1 aromatic heterocycles. The molecule has 0 radical (unpaired) electrons. The molecule has 0 amide bonds. The fraction of sp³-hybridized carbons (Fsp3) is 0.357. The van der Waals surface area contributed by atoms with Gasteiger partial charge in [0.15, 0.2) is 0 Å². The maximum Gasteiger partial charge on any atom is 0.311 e. The molecule has 0 aliphatic heterocycles. The number of nitrogens with zero attached hydrogens (tertiary/aromatic N) is 2. The van der Waals surface area contributed by atoms with Crippen LogP contribution in [0.3, 0.4) is 0 Å². The van der Waals surface area contributed by atoms with Crippen molar-refractivity contribution in [2.24, 2.45) is 5.92 Å². The molecule has 2 atom stereocenters. The Labute approximate surface area is 116 Å². The fourth-order valence-electron chi connectivity index (χ4n) is 1.95. The van der Waals surface area contributed by atoms with Crippen LogP contribution in [-0.2, 0) is 0 Å². The molecule has 1 heterocycles. The molecule has 6 nitrogen and oxygen atoms in total. The summed E-state index contributed by atoms with van der Waals surface area (Å²) in [5.74, 6) is -0.0125. The molecule has 106 valence electrons. The largest absolute Gasteiger partial charge is 0.396 e. The Morgan fingerprint density at radius 1 is 1.40 bits per heavy atom. The van der Waals surface area contributed by atoms with Gasteiger partial charge >= 0.3 is 5.69 Å². The Hall–Kier alpha value is -2.21. The van der Waals surface area contributed by atoms with Crippen LogP contribution in [0, 0.1) is 16.0 Å². The van der Waals surface area contributed by atoms with Gasteiger partial charge in [0.1, 0.15) is 11.9 Å². The summed E-state index contributed by atoms with van der Waals surface area (Å²) in [6, 6.07) is 7.17. The average Bonchev–Trinajstić information content (AvgIpc) is 2.46. The van der Waals surface area contributed by atoms with E-state index < -0.39 is 4.92 Å². The predicted molar refractivity (Wildman–Crippen MR) is 77.7 cm³/mol. The number of benzene rings is 1. The van der Waals surface area contributed by atoms with Crippen molar-refractivity contribution in [1.29, 1.82) is 0 Å². The van der Waals surface area contributed by atoms with Crippen molar-refractivity contribution in [3.8, 4) is 0 Å². The lowest BCUT2D eigenvalue weighted by molar-refractivity contribution is -0.384. The third-order valence-corrected chi connectivity index (χ3v) is 3.47. The highest BCUT2D eigenvalue weighted by atomic mass is 16.6. The molecular formula is C14H17N3O3. The van der Waals surface area contributed by atoms with Gasteiger partial charge in [-0.25, -0.2) is 4.98 Å². The SMILES string of the molecule is CC(CO)C(C)Nc1c([N+](=O)[O-])cnc2ccccc12. The minimum atomic E-state index is -0.446. The van der Waals surface area contributed by atoms with Crippen LogP contribution in [0.15, 0.2) is 30.5 Å². The van der Waals surface area contributed by atoms with Gasteiger partial charge in [0.05, 0.1) is 10.4 Å². The summed E-state index contributed by atoms with van der Waals surface area (Å²) in [6.07, 6.45) is 1.26. The highest BCUT2D eigenvalue weighted by Crippen LogP contribution is 2.32. The smallest absolute Gasteiger partial charge is 0.311 e. The molecule has 0 spiro atoms. The number of aliphatic hydroxyl groups excluding tert-OH is 1. The molecule has 2 aromatic rings. The molecule has 2 N–H and O–H groups in total. The molecule has 0 aliphatic carbocycles. The van der Waals surface area contributed by atoms with Gasteiger partial charge in [-0.15, -0.1) is 0 Å². The molecule has 20 heavy (non-hydrogen) atoms. The van der Waals surface area contributed by atoms with Crippen LogP contribution in [0.25, 0.3) is 10.9 Å². The lowest BCUT2D eigenvalue weighted by atomic mass is 10.0. The fourth-order valence-corrected chi connectivity index (χ4v) is 1.95. The van der Waals surface area contributed by atoms with Gasteiger partial charge in [-0.3, -0.25) is 10.1 Å². The van der Waals surface area contributed by atoms with Crippen molar-refractivity contribution in [3.63, 3.8) is 0 Å². The Morgan fingerprint density at radius 2 is 2.10 bits per heavy atom. The maximum absolute atomic E-state index is 11.2. The van der Waals surface area contributed by atoms with Gasteiger partial charge in [0.25, 0.3) is 0 Å². The number of fused-ring (bicyclic) bond motifs is 1. The Bertz CT molecular complexity index is 630. The second kappa shape index (κ2) is 5.83. The van der Waals surface area contributed by atoms with E-state index in [1.807, 2.05) is 32.0 Å². The number of rotatable bonds is 5. The minimum absolute atomic E-state index is 0.0125. The lowest BCUT2D eigenvalue weighted by Gasteiger charge is -2.21. The van der Waals surface area contributed by atoms with Crippen LogP contribution in [-0.4, -0.2) is 27.7 Å². The summed E-state index contributed by atoms with van der Waals surface area (Å²) in [5, 5.41) is 24.2. The van der Waals surface area contributed by atoms with E-state index in [2.05, 4.69) is 10.3 Å². The first-order valence-electron chi connectivity index (χ1n) is 6.44. The van der Waals surface area contributed by atoms with Gasteiger partial charge in [0, 0.05) is 18.0 Å². The zero-order chi connectivity index (χ0) is 14.7. The predicted octanol–water partition coefficient (Wildman–Crippen LogP) is 2.57. The maximum atomic E-state index is 11.2. The van der Waals surface area contributed by atoms with E-state index in [9.17, 15) is 15.2 Å². The second-order valence-electron chi connectivity index (χ2n) is 4.89. The van der Waals surface area contributed by atoms with Crippen LogP contribution in [0.5, 0.6) is 0 Å². The second-order valence-corrected chi connectivity index (χ2v) is 4.89. The van der Waals surface area contributed by atoms with E-state index >= 15 is 0 Å². The van der Waals surface area contributed by atoms with Crippen LogP contribution >= 0.6 is 0 Å². The van der Waals surface area contributed by atoms with E-state index in [1.54, 1.807) is 6.07 Å². The zero-order valence-electron chi connectivity index (χ0n) is 11.4. The van der Waals surface area contributed by atoms with Gasteiger partial charge in [-0.2, -0.15) is 0 Å². The standard InChI is InChI=1S/C14H17N3O3/c1-9(8-18)10(2)16-14-11-5-3-4-6-12(11)15-7-13(14)17(19)20/h3-7,9-10,18H,8H2,1-2H3,(H,15,16). The van der Waals surface area contributed by atoms with Crippen LogP contribution in [0.2, 0.25) is 0 Å². The topological polar surface area (TPSA) is 88.3 Å². The summed E-state index contributed by atoms with van der Waals surface area (Å²) in [6.45, 7) is 3.79. The summed E-state index contributed by atoms with van der Waals surface area (Å²) in [5.41, 5.74) is 1.10. The molecule has 0 aliphatic rings. The van der Waals surface area contributed by atoms with Crippen molar-refractivity contribution in [1.82, 2.24) is 4.98 Å². The number of pyridine rings is 1. The number of aliphatic hydroxyl groups is 1. The molecule has 2 unspecified atom stereocenters. The third kappa shape index (κ3) is 2.70. The summed E-state index contributed by atoms with van der Waals surface area (Å²) in [7, 11) is 0. The molecule has 0 bridgehead atoms. The van der Waals surface area contributed by atoms with Crippen molar-refractivity contribution in [2.45, 2.75) is 19.9 Å². The first kappa shape index (κ1) is 14.2. The molecule has 2 rings (SSSR count). The van der Waals surface area contributed by atoms with E-state index in [0.717, 1.165) is 0 Å². The highest BCUT2D eigenvalue weighted by Gasteiger charge is 2.21. The number of para-hydroxylation sites is 1. The normalized spacial score (nSPS) is 13.9. The number of nitrogens with one attached hydrogen (secondary N) is 1. The van der Waals surface area contributed by atoms with E-state index in [0.29, 0.717) is 16.6 Å². The van der Waals surface area contributed by atoms with Crippen LogP contribution in [0.4, 0.5) is 11.4 Å². The monoisotopic (exact) mass is 275 g/mol. The zero-order valence-corrected chi connectivity index (χ0v) is 11.4. The van der Waals surface area contributed by atoms with Gasteiger partial charge < -0.3 is 10.4 Å². The lowest BCUT2D eigenvalue weighted by Crippen LogP contribution is -2.26. The molecule has 1 aromatic carbocycles. The number of hydrogen-bond acceptors (Lipinski definition) is 5. The first-order valence-corrected chi connectivity index (χ1v) is 6.44. The van der Waals surface area contributed by atoms with E-state index in [-0.39, 0.29) is 24.3 Å². The molecule has 6 heteroatoms. The summed E-state index contributed by atoms with van der Waals surface area (Å²) in [4.78, 5) is 14.8. The Kier molecular flexibility index (Phi) is 4.14. The Morgan fingerprint density at radius 3 is 2.75 bits per heavy atom. The first-order chi connectivity index (χ1) is 9.54. The molecule has 0 fully saturated rings. The van der Waals surface area contributed by atoms with Crippen molar-refractivity contribution in [2.75, 3.05) is 11.9 Å². The number of nitro groups is 1. The van der Waals surface area contributed by atoms with Crippen LogP contribution in [0.1, 0.15) is 13.8 Å². The highest BCUT2D eigenvalue weighted by molar-refractivity contribution is 5.95. The third-order valence-electron chi connectivity index (χ3n) is 3.47. The van der Waals surface area contributed by atoms with Gasteiger partial charge in [0.2, 0.25) is 0 Å². The Balaban J connectivity index is 2.52. The number of aromatic nitrogens is 1. The molecular weight excluding hydrogens is 258 g/mol. The minimum Gasteiger partial charge on any atom is -0.396 e. The van der Waals surface area contributed by atoms with E-state index in [1.165, 1.54) is 6.20 Å². The van der Waals surface area contributed by atoms with Gasteiger partial charge in [-0.05, 0) is 18.9 Å². The average molecular weight is 275 g/mol. The molecule has 0 saturated heterocycles. The van der Waals surface area contributed by atoms with Crippen LogP contribution < -0.4 is 5.32 Å². The van der Waals surface area contributed by atoms with Crippen molar-refractivity contribution < 1.29 is 10.0 Å². The number of anilines is 1. The summed E-state index contributed by atoms with van der Waals surface area (Å²) < 4.78 is 0. The van der Waals surface area contributed by atoms with Crippen molar-refractivity contribution in [3.05, 3.63) is 40.6 Å². The van der Waals surface area contributed by atoms with E-state index in [4.69, 9.17) is 0 Å². The quantitative estimate of drug-likeness (QED) is 0.646. The van der Waals surface area contributed by atoms with Gasteiger partial charge in [-0.1, -0.05) is 25.1 Å². The summed E-state index contributed by atoms with van der Waals surface area (Å²) >= 11 is 0. The molecule has 0 saturated carbocycles.